The van der Waals surface area contributed by atoms with Crippen molar-refractivity contribution < 1.29 is 23.5 Å². The Morgan fingerprint density at radius 2 is 1.69 bits per heavy atom. The summed E-state index contributed by atoms with van der Waals surface area (Å²) in [6.45, 7) is 1.60. The summed E-state index contributed by atoms with van der Waals surface area (Å²) in [5.74, 6) is -2.02. The van der Waals surface area contributed by atoms with E-state index in [-0.39, 0.29) is 30.7 Å². The van der Waals surface area contributed by atoms with Crippen molar-refractivity contribution >= 4 is 23.5 Å². The van der Waals surface area contributed by atoms with Crippen LogP contribution in [-0.2, 0) is 20.7 Å². The Hall–Kier alpha value is -3.22. The minimum atomic E-state index is -0.549. The predicted octanol–water partition coefficient (Wildman–Crippen LogP) is 2.30. The van der Waals surface area contributed by atoms with Gasteiger partial charge in [0.05, 0.1) is 30.8 Å². The molecule has 0 aliphatic heterocycles. The number of hydrogen-bond donors (Lipinski definition) is 2. The van der Waals surface area contributed by atoms with Gasteiger partial charge in [-0.25, -0.2) is 9.18 Å². The molecule has 0 saturated carbocycles. The van der Waals surface area contributed by atoms with Crippen LogP contribution in [0.15, 0.2) is 48.5 Å². The molecule has 7 heteroatoms. The molecule has 0 unspecified atom stereocenters. The molecule has 0 radical (unpaired) electrons. The molecule has 0 atom stereocenters. The molecule has 136 valence electrons. The standard InChI is InChI=1S/C19H19FN2O4/c1-2-26-19(25)14-8-4-6-10-16(14)22-18(24)12-21-17(23)11-13-7-3-5-9-15(13)20/h3-10H,2,11-12H2,1H3,(H,21,23)(H,22,24). The number of nitrogens with one attached hydrogen (secondary N) is 2. The molecule has 2 amide bonds. The van der Waals surface area contributed by atoms with Crippen molar-refractivity contribution in [2.24, 2.45) is 0 Å². The highest BCUT2D eigenvalue weighted by Gasteiger charge is 2.14. The van der Waals surface area contributed by atoms with Crippen LogP contribution in [0.4, 0.5) is 10.1 Å². The number of halogens is 1. The molecule has 0 aliphatic carbocycles. The number of esters is 1. The second kappa shape index (κ2) is 9.31. The number of rotatable bonds is 7. The lowest BCUT2D eigenvalue weighted by molar-refractivity contribution is -0.123. The molecule has 6 nitrogen and oxygen atoms in total. The molecule has 2 rings (SSSR count). The third kappa shape index (κ3) is 5.41. The maximum atomic E-state index is 13.5. The van der Waals surface area contributed by atoms with E-state index < -0.39 is 23.6 Å². The van der Waals surface area contributed by atoms with Crippen molar-refractivity contribution in [2.75, 3.05) is 18.5 Å². The van der Waals surface area contributed by atoms with Crippen molar-refractivity contribution in [2.45, 2.75) is 13.3 Å². The van der Waals surface area contributed by atoms with Crippen molar-refractivity contribution in [3.63, 3.8) is 0 Å². The number of anilines is 1. The minimum absolute atomic E-state index is 0.167. The summed E-state index contributed by atoms with van der Waals surface area (Å²) in [6.07, 6.45) is -0.167. The first kappa shape index (κ1) is 19.1. The average molecular weight is 358 g/mol. The SMILES string of the molecule is CCOC(=O)c1ccccc1NC(=O)CNC(=O)Cc1ccccc1F. The summed E-state index contributed by atoms with van der Waals surface area (Å²) >= 11 is 0. The summed E-state index contributed by atoms with van der Waals surface area (Å²) in [7, 11) is 0. The highest BCUT2D eigenvalue weighted by molar-refractivity contribution is 6.02. The Kier molecular flexibility index (Phi) is 6.84. The molecule has 2 aromatic rings. The molecule has 0 heterocycles. The van der Waals surface area contributed by atoms with Gasteiger partial charge in [0, 0.05) is 0 Å². The molecule has 2 N–H and O–H groups in total. The van der Waals surface area contributed by atoms with E-state index in [1.807, 2.05) is 0 Å². The highest BCUT2D eigenvalue weighted by Crippen LogP contribution is 2.16. The van der Waals surface area contributed by atoms with E-state index in [0.29, 0.717) is 5.69 Å². The van der Waals surface area contributed by atoms with Crippen LogP contribution in [0.1, 0.15) is 22.8 Å². The van der Waals surface area contributed by atoms with Gasteiger partial charge in [-0.1, -0.05) is 30.3 Å². The number of ether oxygens (including phenoxy) is 1. The van der Waals surface area contributed by atoms with Crippen LogP contribution in [0.3, 0.4) is 0 Å². The van der Waals surface area contributed by atoms with Crippen molar-refractivity contribution in [1.82, 2.24) is 5.32 Å². The zero-order valence-corrected chi connectivity index (χ0v) is 14.3. The van der Waals surface area contributed by atoms with Gasteiger partial charge < -0.3 is 15.4 Å². The van der Waals surface area contributed by atoms with Crippen LogP contribution < -0.4 is 10.6 Å². The molecule has 26 heavy (non-hydrogen) atoms. The maximum absolute atomic E-state index is 13.5. The van der Waals surface area contributed by atoms with Gasteiger partial charge in [0.1, 0.15) is 5.82 Å². The van der Waals surface area contributed by atoms with Gasteiger partial charge in [-0.05, 0) is 30.7 Å². The molecular weight excluding hydrogens is 339 g/mol. The third-order valence-electron chi connectivity index (χ3n) is 3.45. The third-order valence-corrected chi connectivity index (χ3v) is 3.45. The first-order valence-electron chi connectivity index (χ1n) is 8.07. The van der Waals surface area contributed by atoms with E-state index in [4.69, 9.17) is 4.74 Å². The topological polar surface area (TPSA) is 84.5 Å². The average Bonchev–Trinajstić information content (AvgIpc) is 2.62. The van der Waals surface area contributed by atoms with Crippen LogP contribution >= 0.6 is 0 Å². The van der Waals surface area contributed by atoms with E-state index in [1.165, 1.54) is 24.3 Å². The van der Waals surface area contributed by atoms with Gasteiger partial charge in [-0.15, -0.1) is 0 Å². The number of benzene rings is 2. The fourth-order valence-corrected chi connectivity index (χ4v) is 2.23. The Morgan fingerprint density at radius 3 is 2.42 bits per heavy atom. The van der Waals surface area contributed by atoms with E-state index in [1.54, 1.807) is 31.2 Å². The van der Waals surface area contributed by atoms with Crippen LogP contribution in [0.5, 0.6) is 0 Å². The number of hydrogen-bond acceptors (Lipinski definition) is 4. The number of carbonyl (C=O) groups excluding carboxylic acids is 3. The Labute approximate surface area is 150 Å². The normalized spacial score (nSPS) is 10.1. The maximum Gasteiger partial charge on any atom is 0.340 e. The molecule has 0 aromatic heterocycles. The summed E-state index contributed by atoms with van der Waals surface area (Å²) in [6, 6.07) is 12.3. The van der Waals surface area contributed by atoms with Gasteiger partial charge in [0.15, 0.2) is 0 Å². The number of carbonyl (C=O) groups is 3. The number of amides is 2. The first-order chi connectivity index (χ1) is 12.5. The lowest BCUT2D eigenvalue weighted by Gasteiger charge is -2.11. The monoisotopic (exact) mass is 358 g/mol. The fourth-order valence-electron chi connectivity index (χ4n) is 2.23. The summed E-state index contributed by atoms with van der Waals surface area (Å²) in [4.78, 5) is 35.7. The predicted molar refractivity (Wildman–Crippen MR) is 94.1 cm³/mol. The van der Waals surface area contributed by atoms with Crippen molar-refractivity contribution in [3.05, 3.63) is 65.5 Å². The van der Waals surface area contributed by atoms with Crippen molar-refractivity contribution in [3.8, 4) is 0 Å². The van der Waals surface area contributed by atoms with Crippen LogP contribution in [0.25, 0.3) is 0 Å². The van der Waals surface area contributed by atoms with Crippen LogP contribution in [0.2, 0.25) is 0 Å². The second-order valence-electron chi connectivity index (χ2n) is 5.36. The molecule has 0 saturated heterocycles. The lowest BCUT2D eigenvalue weighted by atomic mass is 10.1. The summed E-state index contributed by atoms with van der Waals surface area (Å²) in [5.41, 5.74) is 0.762. The Bertz CT molecular complexity index is 808. The summed E-state index contributed by atoms with van der Waals surface area (Å²) < 4.78 is 18.4. The highest BCUT2D eigenvalue weighted by atomic mass is 19.1. The molecule has 0 spiro atoms. The quantitative estimate of drug-likeness (QED) is 0.744. The number of para-hydroxylation sites is 1. The largest absolute Gasteiger partial charge is 0.462 e. The Morgan fingerprint density at radius 1 is 1.00 bits per heavy atom. The van der Waals surface area contributed by atoms with Gasteiger partial charge in [0.2, 0.25) is 11.8 Å². The Balaban J connectivity index is 1.90. The van der Waals surface area contributed by atoms with Crippen LogP contribution in [-0.4, -0.2) is 30.9 Å². The van der Waals surface area contributed by atoms with Crippen LogP contribution in [0, 0.1) is 5.82 Å². The van der Waals surface area contributed by atoms with E-state index >= 15 is 0 Å². The summed E-state index contributed by atoms with van der Waals surface area (Å²) in [5, 5.41) is 4.97. The second-order valence-corrected chi connectivity index (χ2v) is 5.36. The zero-order valence-electron chi connectivity index (χ0n) is 14.3. The molecule has 0 fully saturated rings. The zero-order chi connectivity index (χ0) is 18.9. The fraction of sp³-hybridized carbons (Fsp3) is 0.211. The first-order valence-corrected chi connectivity index (χ1v) is 8.07. The molecule has 0 bridgehead atoms. The van der Waals surface area contributed by atoms with Crippen molar-refractivity contribution in [1.29, 1.82) is 0 Å². The van der Waals surface area contributed by atoms with Gasteiger partial charge in [-0.2, -0.15) is 0 Å². The lowest BCUT2D eigenvalue weighted by Crippen LogP contribution is -2.34. The smallest absolute Gasteiger partial charge is 0.340 e. The van der Waals surface area contributed by atoms with Gasteiger partial charge >= 0.3 is 5.97 Å². The van der Waals surface area contributed by atoms with E-state index in [0.717, 1.165) is 0 Å². The van der Waals surface area contributed by atoms with Gasteiger partial charge in [0.25, 0.3) is 0 Å². The molecular formula is C19H19FN2O4. The minimum Gasteiger partial charge on any atom is -0.462 e. The molecule has 2 aromatic carbocycles. The van der Waals surface area contributed by atoms with Gasteiger partial charge in [-0.3, -0.25) is 9.59 Å². The van der Waals surface area contributed by atoms with E-state index in [9.17, 15) is 18.8 Å². The molecule has 0 aliphatic rings. The van der Waals surface area contributed by atoms with E-state index in [2.05, 4.69) is 10.6 Å².